The maximum absolute atomic E-state index is 8.81. The predicted molar refractivity (Wildman–Crippen MR) is 50.5 cm³/mol. The molecular weight excluding hydrogens is 218 g/mol. The minimum Gasteiger partial charge on any atom is -0.190 e. The summed E-state index contributed by atoms with van der Waals surface area (Å²) in [5.41, 5.74) is 0. The van der Waals surface area contributed by atoms with Crippen molar-refractivity contribution in [2.75, 3.05) is 0 Å². The average Bonchev–Trinajstić information content (AvgIpc) is 1.81. The van der Waals surface area contributed by atoms with Crippen molar-refractivity contribution < 1.29 is 29.4 Å². The Bertz CT molecular complexity index is 136. The fourth-order valence-electron chi connectivity index (χ4n) is 0.941. The summed E-state index contributed by atoms with van der Waals surface area (Å²) in [7, 11) is -8.76. The molecule has 8 heteroatoms. The molecule has 0 aromatic heterocycles. The maximum atomic E-state index is 8.81. The number of hydrogen-bond acceptors (Lipinski definition) is 6. The molecule has 0 fully saturated rings. The number of hydrogen-bond donors (Lipinski definition) is 6. The zero-order valence-electron chi connectivity index (χ0n) is 7.28. The average molecular weight is 234 g/mol. The molecular formula is C5H16O6P2+2. The molecule has 0 aromatic carbocycles. The van der Waals surface area contributed by atoms with E-state index in [1.54, 1.807) is 0 Å². The molecule has 6 nitrogen and oxygen atoms in total. The van der Waals surface area contributed by atoms with E-state index in [9.17, 15) is 0 Å². The maximum Gasteiger partial charge on any atom is 0.454 e. The van der Waals surface area contributed by atoms with Crippen molar-refractivity contribution in [2.45, 2.75) is 31.6 Å². The quantitative estimate of drug-likeness (QED) is 0.372. The van der Waals surface area contributed by atoms with Gasteiger partial charge < -0.3 is 0 Å². The third-order valence-electron chi connectivity index (χ3n) is 1.62. The Labute approximate surface area is 77.7 Å². The van der Waals surface area contributed by atoms with E-state index in [1.807, 2.05) is 6.92 Å². The van der Waals surface area contributed by atoms with Gasteiger partial charge in [-0.15, -0.1) is 0 Å². The summed E-state index contributed by atoms with van der Waals surface area (Å²) in [5.74, 6) is 0. The molecule has 0 radical (unpaired) electrons. The zero-order chi connectivity index (χ0) is 10.7. The highest BCUT2D eigenvalue weighted by molar-refractivity contribution is 7.77. The van der Waals surface area contributed by atoms with Crippen LogP contribution in [0, 0.1) is 0 Å². The molecule has 0 saturated carbocycles. The Balaban J connectivity index is 4.39. The van der Waals surface area contributed by atoms with Crippen LogP contribution in [-0.4, -0.2) is 34.8 Å². The fourth-order valence-corrected chi connectivity index (χ4v) is 3.66. The summed E-state index contributed by atoms with van der Waals surface area (Å²) in [4.78, 5) is 52.9. The molecule has 80 valence electrons. The Morgan fingerprint density at radius 2 is 1.31 bits per heavy atom. The van der Waals surface area contributed by atoms with E-state index in [4.69, 9.17) is 29.4 Å². The largest absolute Gasteiger partial charge is 0.454 e. The van der Waals surface area contributed by atoms with E-state index in [-0.39, 0.29) is 6.42 Å². The lowest BCUT2D eigenvalue weighted by Gasteiger charge is -2.16. The molecule has 6 N–H and O–H groups in total. The molecule has 0 heterocycles. The standard InChI is InChI=1S/C5H16O6P2/c1-2-3-4-5(12(6,7)8)13(9,10)11/h5-11H,2-4H2,1H3/q+2. The predicted octanol–water partition coefficient (Wildman–Crippen LogP) is -0.0183. The van der Waals surface area contributed by atoms with Crippen molar-refractivity contribution >= 4 is 15.9 Å². The molecule has 0 amide bonds. The minimum atomic E-state index is -4.38. The van der Waals surface area contributed by atoms with Gasteiger partial charge in [-0.1, -0.05) is 13.3 Å². The van der Waals surface area contributed by atoms with Crippen molar-refractivity contribution in [3.63, 3.8) is 0 Å². The number of unbranched alkanes of at least 4 members (excludes halogenated alkanes) is 1. The van der Waals surface area contributed by atoms with Crippen LogP contribution in [0.1, 0.15) is 26.2 Å². The van der Waals surface area contributed by atoms with Crippen LogP contribution in [0.5, 0.6) is 0 Å². The van der Waals surface area contributed by atoms with Gasteiger partial charge in [-0.3, -0.25) is 0 Å². The second-order valence-corrected chi connectivity index (χ2v) is 6.97. The third kappa shape index (κ3) is 5.15. The van der Waals surface area contributed by atoms with Gasteiger partial charge in [-0.25, -0.2) is 0 Å². The van der Waals surface area contributed by atoms with Crippen LogP contribution in [0.4, 0.5) is 0 Å². The Kier molecular flexibility index (Phi) is 5.15. The summed E-state index contributed by atoms with van der Waals surface area (Å²) in [6, 6.07) is 0. The molecule has 0 aliphatic rings. The third-order valence-corrected chi connectivity index (χ3v) is 5.59. The van der Waals surface area contributed by atoms with Gasteiger partial charge >= 0.3 is 21.3 Å². The van der Waals surface area contributed by atoms with E-state index in [2.05, 4.69) is 0 Å². The van der Waals surface area contributed by atoms with Crippen LogP contribution >= 0.6 is 15.9 Å². The normalized spacial score (nSPS) is 13.8. The first kappa shape index (κ1) is 13.6. The monoisotopic (exact) mass is 234 g/mol. The smallest absolute Gasteiger partial charge is 0.190 e. The van der Waals surface area contributed by atoms with Crippen molar-refractivity contribution in [2.24, 2.45) is 0 Å². The van der Waals surface area contributed by atoms with E-state index < -0.39 is 21.3 Å². The van der Waals surface area contributed by atoms with Crippen molar-refractivity contribution in [3.8, 4) is 0 Å². The van der Waals surface area contributed by atoms with Crippen molar-refractivity contribution in [1.82, 2.24) is 0 Å². The van der Waals surface area contributed by atoms with E-state index in [1.165, 1.54) is 0 Å². The van der Waals surface area contributed by atoms with Gasteiger partial charge in [0.05, 0.1) is 0 Å². The van der Waals surface area contributed by atoms with Gasteiger partial charge in [-0.2, -0.15) is 29.4 Å². The van der Waals surface area contributed by atoms with Gasteiger partial charge in [0.25, 0.3) is 0 Å². The van der Waals surface area contributed by atoms with Crippen LogP contribution in [0.25, 0.3) is 0 Å². The zero-order valence-corrected chi connectivity index (χ0v) is 9.07. The Hall–Kier alpha value is 0.620. The van der Waals surface area contributed by atoms with Gasteiger partial charge in [0.2, 0.25) is 0 Å². The summed E-state index contributed by atoms with van der Waals surface area (Å²) in [6.07, 6.45) is 1.14. The van der Waals surface area contributed by atoms with E-state index in [0.717, 1.165) is 0 Å². The first-order valence-electron chi connectivity index (χ1n) is 3.83. The van der Waals surface area contributed by atoms with Gasteiger partial charge in [-0.05, 0) is 6.42 Å². The molecule has 0 spiro atoms. The molecule has 13 heavy (non-hydrogen) atoms. The van der Waals surface area contributed by atoms with Crippen LogP contribution in [-0.2, 0) is 0 Å². The Morgan fingerprint density at radius 1 is 0.923 bits per heavy atom. The van der Waals surface area contributed by atoms with Crippen LogP contribution in [0.3, 0.4) is 0 Å². The van der Waals surface area contributed by atoms with E-state index >= 15 is 0 Å². The molecule has 0 rings (SSSR count). The second-order valence-electron chi connectivity index (χ2n) is 2.85. The fraction of sp³-hybridized carbons (Fsp3) is 1.00. The molecule has 0 aliphatic heterocycles. The second kappa shape index (κ2) is 4.91. The molecule has 0 aliphatic carbocycles. The molecule has 0 atom stereocenters. The topological polar surface area (TPSA) is 121 Å². The molecule has 0 aromatic rings. The highest BCUT2D eigenvalue weighted by Crippen LogP contribution is 2.70. The van der Waals surface area contributed by atoms with E-state index in [0.29, 0.717) is 12.8 Å². The van der Waals surface area contributed by atoms with Crippen molar-refractivity contribution in [1.29, 1.82) is 0 Å². The highest BCUT2D eigenvalue weighted by Gasteiger charge is 2.62. The first-order valence-corrected chi connectivity index (χ1v) is 7.26. The van der Waals surface area contributed by atoms with Gasteiger partial charge in [0.15, 0.2) is 0 Å². The van der Waals surface area contributed by atoms with Crippen molar-refractivity contribution in [3.05, 3.63) is 0 Å². The summed E-state index contributed by atoms with van der Waals surface area (Å²) >= 11 is 0. The SMILES string of the molecule is CCCCC([P+](O)(O)O)[P+](O)(O)O. The molecule has 0 bridgehead atoms. The summed E-state index contributed by atoms with van der Waals surface area (Å²) < 4.78 is 0. The number of rotatable bonds is 5. The van der Waals surface area contributed by atoms with Crippen LogP contribution in [0.2, 0.25) is 0 Å². The highest BCUT2D eigenvalue weighted by atomic mass is 31.3. The molecule has 0 saturated heterocycles. The first-order chi connectivity index (χ1) is 5.69. The van der Waals surface area contributed by atoms with Crippen LogP contribution in [0.15, 0.2) is 0 Å². The lowest BCUT2D eigenvalue weighted by Crippen LogP contribution is -2.17. The summed E-state index contributed by atoms with van der Waals surface area (Å²) in [6.45, 7) is 1.82. The Morgan fingerprint density at radius 3 is 1.54 bits per heavy atom. The summed E-state index contributed by atoms with van der Waals surface area (Å²) in [5, 5.41) is -1.61. The molecule has 0 unspecified atom stereocenters. The minimum absolute atomic E-state index is 0.0228. The lowest BCUT2D eigenvalue weighted by atomic mass is 10.3. The van der Waals surface area contributed by atoms with Gasteiger partial charge in [0.1, 0.15) is 0 Å². The van der Waals surface area contributed by atoms with Gasteiger partial charge in [0, 0.05) is 6.42 Å². The lowest BCUT2D eigenvalue weighted by molar-refractivity contribution is 0.287. The van der Waals surface area contributed by atoms with Crippen LogP contribution < -0.4 is 0 Å².